The van der Waals surface area contributed by atoms with Crippen LogP contribution in [0.25, 0.3) is 88.9 Å². The van der Waals surface area contributed by atoms with Crippen molar-refractivity contribution in [1.29, 1.82) is 0 Å². The number of rotatable bonds is 6. The smallest absolute Gasteiger partial charge is 0.238 e. The highest BCUT2D eigenvalue weighted by atomic mass is 15.2. The van der Waals surface area contributed by atoms with Gasteiger partial charge in [0.15, 0.2) is 5.82 Å². The van der Waals surface area contributed by atoms with Gasteiger partial charge in [-0.1, -0.05) is 170 Å². The number of hydrogen-bond donors (Lipinski definition) is 0. The summed E-state index contributed by atoms with van der Waals surface area (Å²) >= 11 is 0. The van der Waals surface area contributed by atoms with E-state index in [0.29, 0.717) is 11.8 Å². The first kappa shape index (κ1) is 32.1. The van der Waals surface area contributed by atoms with Crippen molar-refractivity contribution in [2.45, 2.75) is 12.3 Å². The number of para-hydroxylation sites is 2. The molecule has 10 aromatic rings. The fraction of sp³-hybridized carbons (Fsp3) is 0.0392. The molecule has 3 heterocycles. The Bertz CT molecular complexity index is 3150. The third-order valence-corrected chi connectivity index (χ3v) is 11.1. The summed E-state index contributed by atoms with van der Waals surface area (Å²) in [6.07, 6.45) is 9.41. The largest absolute Gasteiger partial charge is 0.307 e. The van der Waals surface area contributed by atoms with Crippen LogP contribution in [0.1, 0.15) is 18.2 Å². The molecule has 0 amide bonds. The van der Waals surface area contributed by atoms with E-state index < -0.39 is 0 Å². The maximum Gasteiger partial charge on any atom is 0.238 e. The van der Waals surface area contributed by atoms with Crippen molar-refractivity contribution >= 4 is 43.6 Å². The van der Waals surface area contributed by atoms with Gasteiger partial charge in [0.2, 0.25) is 5.95 Å². The van der Waals surface area contributed by atoms with Gasteiger partial charge < -0.3 is 4.57 Å². The summed E-state index contributed by atoms with van der Waals surface area (Å²) in [5.74, 6) is 2.05. The molecule has 1 atom stereocenters. The number of allylic oxidation sites excluding steroid dienone is 4. The summed E-state index contributed by atoms with van der Waals surface area (Å²) < 4.78 is 4.70. The van der Waals surface area contributed by atoms with Crippen molar-refractivity contribution in [1.82, 2.24) is 24.1 Å². The van der Waals surface area contributed by atoms with Gasteiger partial charge in [-0.05, 0) is 52.9 Å². The minimum Gasteiger partial charge on any atom is -0.307 e. The van der Waals surface area contributed by atoms with E-state index in [1.165, 1.54) is 27.5 Å². The molecule has 5 heteroatoms. The summed E-state index contributed by atoms with van der Waals surface area (Å²) in [6, 6.07) is 60.4. The van der Waals surface area contributed by atoms with Crippen LogP contribution in [0, 0.1) is 0 Å². The van der Waals surface area contributed by atoms with E-state index in [2.05, 4.69) is 197 Å². The molecule has 0 spiro atoms. The minimum absolute atomic E-state index is 0.0318. The van der Waals surface area contributed by atoms with E-state index in [9.17, 15) is 0 Å². The molecular weight excluding hydrogens is 683 g/mol. The molecular formula is C51H35N5. The van der Waals surface area contributed by atoms with Crippen molar-refractivity contribution in [3.8, 4) is 45.3 Å². The monoisotopic (exact) mass is 717 g/mol. The predicted molar refractivity (Wildman–Crippen MR) is 230 cm³/mol. The van der Waals surface area contributed by atoms with Gasteiger partial charge in [0, 0.05) is 38.7 Å². The predicted octanol–water partition coefficient (Wildman–Crippen LogP) is 12.7. The summed E-state index contributed by atoms with van der Waals surface area (Å²) in [7, 11) is 0. The van der Waals surface area contributed by atoms with Gasteiger partial charge in [-0.15, -0.1) is 0 Å². The Morgan fingerprint density at radius 3 is 1.68 bits per heavy atom. The van der Waals surface area contributed by atoms with E-state index in [1.807, 2.05) is 6.07 Å². The summed E-state index contributed by atoms with van der Waals surface area (Å²) in [6.45, 7) is 0. The van der Waals surface area contributed by atoms with Gasteiger partial charge in [0.1, 0.15) is 5.82 Å². The van der Waals surface area contributed by atoms with E-state index in [0.717, 1.165) is 61.9 Å². The number of aromatic nitrogens is 5. The van der Waals surface area contributed by atoms with Crippen LogP contribution in [0.3, 0.4) is 0 Å². The number of benzene rings is 7. The van der Waals surface area contributed by atoms with E-state index in [-0.39, 0.29) is 5.92 Å². The molecule has 0 bridgehead atoms. The van der Waals surface area contributed by atoms with Crippen LogP contribution >= 0.6 is 0 Å². The molecule has 5 nitrogen and oxygen atoms in total. The molecule has 1 aliphatic carbocycles. The second-order valence-electron chi connectivity index (χ2n) is 14.4. The maximum absolute atomic E-state index is 5.35. The SMILES string of the molecule is C1=CCC(c2nc(-c3ccc(-c4ccccc4)cc3)nc(-n3c4ccccc4c4ccc5c6ccccc6n(-c6cccc(-c7ccccc7)c6)c5c43)n2)C=C1. The lowest BCUT2D eigenvalue weighted by Crippen LogP contribution is -2.11. The van der Waals surface area contributed by atoms with Crippen LogP contribution in [-0.4, -0.2) is 24.1 Å². The molecule has 0 saturated heterocycles. The Morgan fingerprint density at radius 2 is 1.00 bits per heavy atom. The zero-order valence-electron chi connectivity index (χ0n) is 30.5. The fourth-order valence-corrected chi connectivity index (χ4v) is 8.42. The zero-order valence-corrected chi connectivity index (χ0v) is 30.5. The number of fused-ring (bicyclic) bond motifs is 7. The Labute approximate surface area is 324 Å². The molecule has 1 aliphatic rings. The molecule has 264 valence electrons. The molecule has 0 fully saturated rings. The normalized spacial score (nSPS) is 14.0. The second-order valence-corrected chi connectivity index (χ2v) is 14.4. The Kier molecular flexibility index (Phi) is 7.56. The highest BCUT2D eigenvalue weighted by Gasteiger charge is 2.24. The van der Waals surface area contributed by atoms with Crippen LogP contribution in [-0.2, 0) is 0 Å². The molecule has 0 aliphatic heterocycles. The molecule has 56 heavy (non-hydrogen) atoms. The van der Waals surface area contributed by atoms with Crippen molar-refractivity contribution in [2.24, 2.45) is 0 Å². The zero-order chi connectivity index (χ0) is 37.0. The molecule has 0 saturated carbocycles. The highest BCUT2D eigenvalue weighted by Crippen LogP contribution is 2.42. The van der Waals surface area contributed by atoms with Crippen LogP contribution in [0.4, 0.5) is 0 Å². The Morgan fingerprint density at radius 1 is 0.429 bits per heavy atom. The van der Waals surface area contributed by atoms with Gasteiger partial charge in [0.25, 0.3) is 0 Å². The van der Waals surface area contributed by atoms with Crippen LogP contribution < -0.4 is 0 Å². The third kappa shape index (κ3) is 5.28. The first-order chi connectivity index (χ1) is 27.8. The molecule has 0 radical (unpaired) electrons. The highest BCUT2D eigenvalue weighted by molar-refractivity contribution is 6.23. The lowest BCUT2D eigenvalue weighted by atomic mass is 10.00. The van der Waals surface area contributed by atoms with E-state index >= 15 is 0 Å². The van der Waals surface area contributed by atoms with Crippen molar-refractivity contribution in [3.05, 3.63) is 200 Å². The van der Waals surface area contributed by atoms with Gasteiger partial charge in [-0.25, -0.2) is 4.98 Å². The lowest BCUT2D eigenvalue weighted by molar-refractivity contribution is 0.750. The van der Waals surface area contributed by atoms with E-state index in [4.69, 9.17) is 15.0 Å². The first-order valence-corrected chi connectivity index (χ1v) is 19.2. The van der Waals surface area contributed by atoms with E-state index in [1.54, 1.807) is 0 Å². The molecule has 3 aromatic heterocycles. The fourth-order valence-electron chi connectivity index (χ4n) is 8.42. The Balaban J connectivity index is 1.21. The third-order valence-electron chi connectivity index (χ3n) is 11.1. The minimum atomic E-state index is 0.0318. The quantitative estimate of drug-likeness (QED) is 0.172. The topological polar surface area (TPSA) is 48.5 Å². The first-order valence-electron chi connectivity index (χ1n) is 19.2. The Hall–Kier alpha value is -7.37. The lowest BCUT2D eigenvalue weighted by Gasteiger charge is -2.16. The van der Waals surface area contributed by atoms with Crippen molar-refractivity contribution in [2.75, 3.05) is 0 Å². The molecule has 11 rings (SSSR count). The molecule has 0 N–H and O–H groups in total. The van der Waals surface area contributed by atoms with Crippen LogP contribution in [0.15, 0.2) is 194 Å². The average Bonchev–Trinajstić information content (AvgIpc) is 3.80. The average molecular weight is 718 g/mol. The maximum atomic E-state index is 5.35. The molecule has 7 aromatic carbocycles. The summed E-state index contributed by atoms with van der Waals surface area (Å²) in [5.41, 5.74) is 11.1. The summed E-state index contributed by atoms with van der Waals surface area (Å²) in [4.78, 5) is 15.9. The second kappa shape index (κ2) is 13.2. The van der Waals surface area contributed by atoms with Crippen molar-refractivity contribution in [3.63, 3.8) is 0 Å². The number of nitrogens with zero attached hydrogens (tertiary/aromatic N) is 5. The number of hydrogen-bond acceptors (Lipinski definition) is 3. The standard InChI is InChI=1S/C51H35N5/c1-4-15-34(16-5-1)36-27-29-38(30-28-36)50-52-49(37-19-8-3-9-20-37)53-51(54-50)56-46-26-13-11-24-42(46)44-32-31-43-41-23-10-12-25-45(41)55(47(43)48(44)56)40-22-14-21-39(33-40)35-17-6-2-7-18-35/h1-19,21-33,37H,20H2. The van der Waals surface area contributed by atoms with Gasteiger partial charge in [0.05, 0.1) is 22.1 Å². The van der Waals surface area contributed by atoms with Gasteiger partial charge in [-0.3, -0.25) is 4.57 Å². The van der Waals surface area contributed by atoms with Crippen LogP contribution in [0.5, 0.6) is 0 Å². The van der Waals surface area contributed by atoms with Gasteiger partial charge in [-0.2, -0.15) is 9.97 Å². The van der Waals surface area contributed by atoms with Crippen LogP contribution in [0.2, 0.25) is 0 Å². The van der Waals surface area contributed by atoms with Gasteiger partial charge >= 0.3 is 0 Å². The summed E-state index contributed by atoms with van der Waals surface area (Å²) in [5, 5.41) is 4.66. The molecule has 1 unspecified atom stereocenters. The van der Waals surface area contributed by atoms with Crippen molar-refractivity contribution < 1.29 is 0 Å².